The maximum Gasteiger partial charge on any atom is 0.249 e. The summed E-state index contributed by atoms with van der Waals surface area (Å²) in [6.07, 6.45) is 6.39. The number of nitrogens with one attached hydrogen (secondary N) is 1. The largest absolute Gasteiger partial charge is 0.313 e. The van der Waals surface area contributed by atoms with E-state index in [0.717, 1.165) is 30.4 Å². The number of amides is 1. The summed E-state index contributed by atoms with van der Waals surface area (Å²) in [4.78, 5) is 13.6. The molecule has 1 aromatic heterocycles. The van der Waals surface area contributed by atoms with Crippen LogP contribution < -0.4 is 5.32 Å². The summed E-state index contributed by atoms with van der Waals surface area (Å²) >= 11 is 1.56. The molecule has 0 aliphatic heterocycles. The summed E-state index contributed by atoms with van der Waals surface area (Å²) in [5.41, 5.74) is 4.15. The third-order valence-electron chi connectivity index (χ3n) is 5.06. The number of anilines is 1. The Morgan fingerprint density at radius 3 is 2.63 bits per heavy atom. The number of benzene rings is 1. The maximum absolute atomic E-state index is 12.4. The van der Waals surface area contributed by atoms with Crippen molar-refractivity contribution < 1.29 is 4.79 Å². The number of fused-ring (bicyclic) bond motifs is 1. The lowest BCUT2D eigenvalue weighted by Gasteiger charge is -2.18. The van der Waals surface area contributed by atoms with Crippen molar-refractivity contribution in [2.24, 2.45) is 5.92 Å². The molecule has 3 nitrogen and oxygen atoms in total. The molecule has 1 atom stereocenters. The number of nitriles is 1. The van der Waals surface area contributed by atoms with E-state index in [1.807, 2.05) is 18.2 Å². The van der Waals surface area contributed by atoms with Gasteiger partial charge in [-0.1, -0.05) is 52.0 Å². The van der Waals surface area contributed by atoms with Crippen molar-refractivity contribution in [2.45, 2.75) is 52.4 Å². The van der Waals surface area contributed by atoms with E-state index in [2.05, 4.69) is 51.2 Å². The van der Waals surface area contributed by atoms with Crippen molar-refractivity contribution in [1.29, 1.82) is 5.26 Å². The highest BCUT2D eigenvalue weighted by atomic mass is 32.1. The van der Waals surface area contributed by atoms with Gasteiger partial charge in [0.25, 0.3) is 0 Å². The first-order valence-electron chi connectivity index (χ1n) is 9.42. The maximum atomic E-state index is 12.4. The van der Waals surface area contributed by atoms with Crippen LogP contribution in [0.4, 0.5) is 5.00 Å². The Morgan fingerprint density at radius 1 is 1.30 bits per heavy atom. The molecule has 1 aliphatic carbocycles. The zero-order chi connectivity index (χ0) is 19.6. The first-order valence-corrected chi connectivity index (χ1v) is 10.2. The molecule has 1 amide bonds. The molecule has 0 fully saturated rings. The summed E-state index contributed by atoms with van der Waals surface area (Å²) < 4.78 is 0. The van der Waals surface area contributed by atoms with Gasteiger partial charge in [0.05, 0.1) is 5.56 Å². The number of hydrogen-bond donors (Lipinski definition) is 1. The van der Waals surface area contributed by atoms with Crippen LogP contribution in [0.25, 0.3) is 6.08 Å². The molecule has 0 saturated heterocycles. The fourth-order valence-electron chi connectivity index (χ4n) is 3.38. The lowest BCUT2D eigenvalue weighted by Crippen LogP contribution is -2.10. The lowest BCUT2D eigenvalue weighted by molar-refractivity contribution is -0.111. The number of nitrogens with zero attached hydrogens (tertiary/aromatic N) is 1. The molecule has 3 rings (SSSR count). The molecule has 0 radical (unpaired) electrons. The van der Waals surface area contributed by atoms with Crippen LogP contribution in [-0.4, -0.2) is 5.91 Å². The van der Waals surface area contributed by atoms with Gasteiger partial charge in [0.15, 0.2) is 0 Å². The first kappa shape index (κ1) is 19.4. The van der Waals surface area contributed by atoms with Crippen LogP contribution in [-0.2, 0) is 23.1 Å². The monoisotopic (exact) mass is 378 g/mol. The number of carbonyl (C=O) groups is 1. The average molecular weight is 379 g/mol. The van der Waals surface area contributed by atoms with Crippen LogP contribution in [0.5, 0.6) is 0 Å². The van der Waals surface area contributed by atoms with Gasteiger partial charge in [-0.25, -0.2) is 0 Å². The molecule has 4 heteroatoms. The molecule has 1 N–H and O–H groups in total. The van der Waals surface area contributed by atoms with Crippen molar-refractivity contribution in [3.63, 3.8) is 0 Å². The van der Waals surface area contributed by atoms with Crippen molar-refractivity contribution in [3.05, 3.63) is 57.5 Å². The Kier molecular flexibility index (Phi) is 5.53. The summed E-state index contributed by atoms with van der Waals surface area (Å²) in [6.45, 7) is 8.78. The van der Waals surface area contributed by atoms with Crippen molar-refractivity contribution in [2.75, 3.05) is 5.32 Å². The zero-order valence-electron chi connectivity index (χ0n) is 16.4. The molecule has 0 saturated carbocycles. The van der Waals surface area contributed by atoms with Gasteiger partial charge in [0, 0.05) is 11.0 Å². The Hall–Kier alpha value is -2.38. The van der Waals surface area contributed by atoms with Gasteiger partial charge < -0.3 is 5.32 Å². The first-order chi connectivity index (χ1) is 12.8. The van der Waals surface area contributed by atoms with Crippen LogP contribution in [0.1, 0.15) is 61.2 Å². The van der Waals surface area contributed by atoms with Crippen LogP contribution in [0.2, 0.25) is 0 Å². The molecule has 1 heterocycles. The Morgan fingerprint density at radius 2 is 2.00 bits per heavy atom. The normalized spacial score (nSPS) is 16.8. The van der Waals surface area contributed by atoms with Crippen molar-refractivity contribution >= 4 is 28.3 Å². The van der Waals surface area contributed by atoms with Gasteiger partial charge >= 0.3 is 0 Å². The zero-order valence-corrected chi connectivity index (χ0v) is 17.2. The quantitative estimate of drug-likeness (QED) is 0.697. The third-order valence-corrected chi connectivity index (χ3v) is 6.23. The smallest absolute Gasteiger partial charge is 0.249 e. The number of hydrogen-bond acceptors (Lipinski definition) is 3. The number of thiophene rings is 1. The van der Waals surface area contributed by atoms with Gasteiger partial charge in [0.1, 0.15) is 11.1 Å². The predicted molar refractivity (Wildman–Crippen MR) is 113 cm³/mol. The molecule has 2 aromatic rings. The van der Waals surface area contributed by atoms with E-state index < -0.39 is 0 Å². The Balaban J connectivity index is 1.71. The molecule has 1 aliphatic rings. The molecule has 1 unspecified atom stereocenters. The van der Waals surface area contributed by atoms with Crippen LogP contribution >= 0.6 is 11.3 Å². The molecule has 140 valence electrons. The molecule has 1 aromatic carbocycles. The Labute approximate surface area is 165 Å². The van der Waals surface area contributed by atoms with Crippen LogP contribution in [0.3, 0.4) is 0 Å². The van der Waals surface area contributed by atoms with Crippen LogP contribution in [0, 0.1) is 17.2 Å². The minimum atomic E-state index is -0.196. The second-order valence-electron chi connectivity index (χ2n) is 8.36. The highest BCUT2D eigenvalue weighted by molar-refractivity contribution is 7.16. The van der Waals surface area contributed by atoms with E-state index in [1.54, 1.807) is 11.3 Å². The standard InChI is InChI=1S/C23H26N2OS/c1-15-5-11-18-19(14-24)22(27-20(18)13-15)25-21(26)12-8-16-6-9-17(10-7-16)23(2,3)4/h6-10,12,15H,5,11,13H2,1-4H3,(H,25,26). The minimum absolute atomic E-state index is 0.114. The van der Waals surface area contributed by atoms with Gasteiger partial charge in [-0.2, -0.15) is 5.26 Å². The topological polar surface area (TPSA) is 52.9 Å². The fourth-order valence-corrected chi connectivity index (χ4v) is 4.74. The fraction of sp³-hybridized carbons (Fsp3) is 0.391. The van der Waals surface area contributed by atoms with Crippen molar-refractivity contribution in [1.82, 2.24) is 0 Å². The van der Waals surface area contributed by atoms with Gasteiger partial charge in [-0.3, -0.25) is 4.79 Å². The molecule has 27 heavy (non-hydrogen) atoms. The van der Waals surface area contributed by atoms with E-state index in [0.29, 0.717) is 16.5 Å². The molecule has 0 spiro atoms. The molecule has 0 bridgehead atoms. The molecular weight excluding hydrogens is 352 g/mol. The van der Waals surface area contributed by atoms with Gasteiger partial charge in [-0.15, -0.1) is 11.3 Å². The van der Waals surface area contributed by atoms with E-state index in [-0.39, 0.29) is 11.3 Å². The average Bonchev–Trinajstić information content (AvgIpc) is 2.95. The van der Waals surface area contributed by atoms with Crippen LogP contribution in [0.15, 0.2) is 30.3 Å². The SMILES string of the molecule is CC1CCc2c(sc(NC(=O)C=Cc3ccc(C(C)(C)C)cc3)c2C#N)C1. The highest BCUT2D eigenvalue weighted by Crippen LogP contribution is 2.39. The van der Waals surface area contributed by atoms with Gasteiger partial charge in [0.2, 0.25) is 5.91 Å². The predicted octanol–water partition coefficient (Wildman–Crippen LogP) is 5.69. The van der Waals surface area contributed by atoms with Gasteiger partial charge in [-0.05, 0) is 53.4 Å². The number of carbonyl (C=O) groups excluding carboxylic acids is 1. The van der Waals surface area contributed by atoms with E-state index in [4.69, 9.17) is 0 Å². The van der Waals surface area contributed by atoms with Crippen molar-refractivity contribution in [3.8, 4) is 6.07 Å². The summed E-state index contributed by atoms with van der Waals surface area (Å²) in [5, 5.41) is 13.1. The summed E-state index contributed by atoms with van der Waals surface area (Å²) in [7, 11) is 0. The summed E-state index contributed by atoms with van der Waals surface area (Å²) in [6, 6.07) is 10.5. The van der Waals surface area contributed by atoms with E-state index >= 15 is 0 Å². The second kappa shape index (κ2) is 7.70. The Bertz CT molecular complexity index is 908. The third kappa shape index (κ3) is 4.48. The molecular formula is C23H26N2OS. The van der Waals surface area contributed by atoms with E-state index in [1.165, 1.54) is 16.5 Å². The lowest BCUT2D eigenvalue weighted by atomic mass is 9.87. The second-order valence-corrected chi connectivity index (χ2v) is 9.47. The minimum Gasteiger partial charge on any atom is -0.313 e. The highest BCUT2D eigenvalue weighted by Gasteiger charge is 2.24. The van der Waals surface area contributed by atoms with E-state index in [9.17, 15) is 10.1 Å². The summed E-state index contributed by atoms with van der Waals surface area (Å²) in [5.74, 6) is 0.445. The number of rotatable bonds is 3.